The van der Waals surface area contributed by atoms with Gasteiger partial charge in [-0.3, -0.25) is 9.52 Å². The van der Waals surface area contributed by atoms with E-state index in [-0.39, 0.29) is 17.1 Å². The normalized spacial score (nSPS) is 11.8. The number of rotatable bonds is 9. The number of ether oxygens (including phenoxy) is 1. The Balaban J connectivity index is 1.76. The topological polar surface area (TPSA) is 117 Å². The molecule has 0 unspecified atom stereocenters. The molecule has 36 heavy (non-hydrogen) atoms. The van der Waals surface area contributed by atoms with Gasteiger partial charge in [0.25, 0.3) is 0 Å². The number of likely N-dealkylation sites (N-methyl/N-ethyl adjacent to an activating group) is 1. The predicted molar refractivity (Wildman–Crippen MR) is 141 cm³/mol. The van der Waals surface area contributed by atoms with E-state index in [1.807, 2.05) is 10.8 Å². The number of methoxy groups -OCH3 is 1. The van der Waals surface area contributed by atoms with Crippen molar-refractivity contribution in [3.63, 3.8) is 0 Å². The van der Waals surface area contributed by atoms with Gasteiger partial charge in [0, 0.05) is 24.2 Å². The minimum absolute atomic E-state index is 0.0255. The van der Waals surface area contributed by atoms with Crippen LogP contribution in [0, 0.1) is 0 Å². The van der Waals surface area contributed by atoms with E-state index in [4.69, 9.17) is 27.9 Å². The van der Waals surface area contributed by atoms with Crippen LogP contribution in [0.25, 0.3) is 0 Å². The molecule has 9 nitrogen and oxygen atoms in total. The van der Waals surface area contributed by atoms with Crippen molar-refractivity contribution in [1.82, 2.24) is 10.0 Å². The van der Waals surface area contributed by atoms with Crippen LogP contribution < -0.4 is 24.4 Å². The molecule has 0 aromatic heterocycles. The lowest BCUT2D eigenvalue weighted by Crippen LogP contribution is -2.53. The van der Waals surface area contributed by atoms with E-state index in [1.165, 1.54) is 30.2 Å². The van der Waals surface area contributed by atoms with Gasteiger partial charge in [-0.2, -0.15) is 8.42 Å². The minimum atomic E-state index is -4.37. The van der Waals surface area contributed by atoms with Gasteiger partial charge in [0.05, 0.1) is 17.8 Å². The number of urea groups is 1. The highest BCUT2D eigenvalue weighted by molar-refractivity contribution is 7.91. The Hall–Kier alpha value is -3.47. The molecule has 0 radical (unpaired) electrons. The van der Waals surface area contributed by atoms with Crippen molar-refractivity contribution >= 4 is 56.7 Å². The number of hydrogen-bond acceptors (Lipinski definition) is 5. The largest absolute Gasteiger partial charge is 0.497 e. The summed E-state index contributed by atoms with van der Waals surface area (Å²) in [5.74, 6) is 0.168. The monoisotopic (exact) mass is 550 g/mol. The summed E-state index contributed by atoms with van der Waals surface area (Å²) in [6.07, 6.45) is 0.129. The van der Waals surface area contributed by atoms with E-state index in [2.05, 4.69) is 10.0 Å². The van der Waals surface area contributed by atoms with Gasteiger partial charge in [0.2, 0.25) is 5.91 Å². The molecular formula is C24H24Cl2N4O5S. The Morgan fingerprint density at radius 1 is 1.00 bits per heavy atom. The molecule has 3 aromatic rings. The lowest BCUT2D eigenvalue weighted by Gasteiger charge is -2.25. The fraction of sp³-hybridized carbons (Fsp3) is 0.167. The maximum Gasteiger partial charge on any atom is 0.330 e. The molecule has 0 spiro atoms. The molecule has 0 aliphatic heterocycles. The average molecular weight is 551 g/mol. The number of anilines is 2. The molecule has 3 N–H and O–H groups in total. The Morgan fingerprint density at radius 3 is 2.28 bits per heavy atom. The van der Waals surface area contributed by atoms with E-state index in [9.17, 15) is 18.0 Å². The first-order valence-corrected chi connectivity index (χ1v) is 12.8. The van der Waals surface area contributed by atoms with Gasteiger partial charge in [0.15, 0.2) is 0 Å². The summed E-state index contributed by atoms with van der Waals surface area (Å²) in [6.45, 7) is 0. The Morgan fingerprint density at radius 2 is 1.67 bits per heavy atom. The molecule has 3 rings (SSSR count). The summed E-state index contributed by atoms with van der Waals surface area (Å²) in [7, 11) is -1.28. The number of nitrogens with zero attached hydrogens (tertiary/aromatic N) is 1. The van der Waals surface area contributed by atoms with Gasteiger partial charge in [-0.15, -0.1) is 0 Å². The molecule has 190 valence electrons. The standard InChI is InChI=1S/C24H24Cl2N4O5S/c1-30(18-9-11-19(35-2)12-10-18)23(31)22(14-16-6-4-3-5-7-16)27-24(32)29-36(33,34)28-21-13-8-17(25)15-20(21)26/h3-13,15,22,28H,14H2,1-2H3,(H2,27,29,32)/t22-/m0/s1. The SMILES string of the molecule is COc1ccc(N(C)C(=O)[C@H](Cc2ccccc2)NC(=O)NS(=O)(=O)Nc2ccc(Cl)cc2Cl)cc1. The summed E-state index contributed by atoms with van der Waals surface area (Å²) in [5.41, 5.74) is 1.36. The van der Waals surface area contributed by atoms with Crippen molar-refractivity contribution in [3.05, 3.63) is 88.4 Å². The lowest BCUT2D eigenvalue weighted by atomic mass is 10.0. The molecule has 0 saturated carbocycles. The average Bonchev–Trinajstić information content (AvgIpc) is 2.84. The van der Waals surface area contributed by atoms with Crippen molar-refractivity contribution in [3.8, 4) is 5.75 Å². The number of hydrogen-bond donors (Lipinski definition) is 3. The Kier molecular flexibility index (Phi) is 9.03. The van der Waals surface area contributed by atoms with E-state index < -0.39 is 28.2 Å². The Bertz CT molecular complexity index is 1320. The van der Waals surface area contributed by atoms with E-state index in [1.54, 1.807) is 55.6 Å². The second-order valence-corrected chi connectivity index (χ2v) is 9.90. The van der Waals surface area contributed by atoms with Crippen LogP contribution >= 0.6 is 23.2 Å². The quantitative estimate of drug-likeness (QED) is 0.368. The van der Waals surface area contributed by atoms with Gasteiger partial charge in [-0.05, 0) is 48.0 Å². The number of halogens is 2. The maximum atomic E-state index is 13.3. The van der Waals surface area contributed by atoms with E-state index >= 15 is 0 Å². The van der Waals surface area contributed by atoms with Crippen molar-refractivity contribution in [1.29, 1.82) is 0 Å². The van der Waals surface area contributed by atoms with Crippen LogP contribution in [-0.4, -0.2) is 40.6 Å². The second-order valence-electron chi connectivity index (χ2n) is 7.64. The molecular weight excluding hydrogens is 527 g/mol. The first-order valence-electron chi connectivity index (χ1n) is 10.6. The predicted octanol–water partition coefficient (Wildman–Crippen LogP) is 4.23. The number of carbonyl (C=O) groups is 2. The zero-order chi connectivity index (χ0) is 26.3. The summed E-state index contributed by atoms with van der Waals surface area (Å²) < 4.78 is 34.1. The summed E-state index contributed by atoms with van der Waals surface area (Å²) >= 11 is 11.8. The zero-order valence-electron chi connectivity index (χ0n) is 19.4. The number of nitrogens with one attached hydrogen (secondary N) is 3. The van der Waals surface area contributed by atoms with Gasteiger partial charge < -0.3 is 15.0 Å². The molecule has 3 amide bonds. The molecule has 3 aromatic carbocycles. The number of amides is 3. The van der Waals surface area contributed by atoms with Crippen LogP contribution in [0.5, 0.6) is 5.75 Å². The van der Waals surface area contributed by atoms with Crippen LogP contribution in [0.3, 0.4) is 0 Å². The summed E-state index contributed by atoms with van der Waals surface area (Å²) in [4.78, 5) is 27.3. The number of carbonyl (C=O) groups excluding carboxylic acids is 2. The van der Waals surface area contributed by atoms with Gasteiger partial charge in [-0.25, -0.2) is 9.52 Å². The third kappa shape index (κ3) is 7.51. The summed E-state index contributed by atoms with van der Waals surface area (Å²) in [5, 5.41) is 2.83. The highest BCUT2D eigenvalue weighted by Gasteiger charge is 2.27. The van der Waals surface area contributed by atoms with Crippen LogP contribution in [-0.2, 0) is 21.4 Å². The van der Waals surface area contributed by atoms with Crippen LogP contribution in [0.4, 0.5) is 16.2 Å². The molecule has 0 heterocycles. The van der Waals surface area contributed by atoms with Crippen LogP contribution in [0.1, 0.15) is 5.56 Å². The van der Waals surface area contributed by atoms with Crippen molar-refractivity contribution in [2.24, 2.45) is 0 Å². The highest BCUT2D eigenvalue weighted by atomic mass is 35.5. The fourth-order valence-electron chi connectivity index (χ4n) is 3.27. The fourth-order valence-corrected chi connectivity index (χ4v) is 4.60. The zero-order valence-corrected chi connectivity index (χ0v) is 21.7. The minimum Gasteiger partial charge on any atom is -0.497 e. The second kappa shape index (κ2) is 12.0. The molecule has 0 fully saturated rings. The molecule has 0 aliphatic carbocycles. The maximum absolute atomic E-state index is 13.3. The highest BCUT2D eigenvalue weighted by Crippen LogP contribution is 2.26. The smallest absolute Gasteiger partial charge is 0.330 e. The van der Waals surface area contributed by atoms with Crippen molar-refractivity contribution in [2.75, 3.05) is 23.8 Å². The molecule has 0 saturated heterocycles. The molecule has 12 heteroatoms. The van der Waals surface area contributed by atoms with Crippen molar-refractivity contribution in [2.45, 2.75) is 12.5 Å². The van der Waals surface area contributed by atoms with Crippen LogP contribution in [0.2, 0.25) is 10.0 Å². The first kappa shape index (κ1) is 27.1. The van der Waals surface area contributed by atoms with E-state index in [0.29, 0.717) is 16.5 Å². The summed E-state index contributed by atoms with van der Waals surface area (Å²) in [6, 6.07) is 17.8. The van der Waals surface area contributed by atoms with Gasteiger partial charge in [0.1, 0.15) is 11.8 Å². The van der Waals surface area contributed by atoms with Crippen molar-refractivity contribution < 1.29 is 22.7 Å². The molecule has 1 atom stereocenters. The van der Waals surface area contributed by atoms with Crippen LogP contribution in [0.15, 0.2) is 72.8 Å². The van der Waals surface area contributed by atoms with Gasteiger partial charge in [-0.1, -0.05) is 53.5 Å². The third-order valence-electron chi connectivity index (χ3n) is 5.08. The van der Waals surface area contributed by atoms with E-state index in [0.717, 1.165) is 5.56 Å². The lowest BCUT2D eigenvalue weighted by molar-refractivity contribution is -0.120. The molecule has 0 aliphatic rings. The molecule has 0 bridgehead atoms. The third-order valence-corrected chi connectivity index (χ3v) is 6.57. The first-order chi connectivity index (χ1) is 17.1. The number of benzene rings is 3. The van der Waals surface area contributed by atoms with Gasteiger partial charge >= 0.3 is 16.2 Å². The Labute approximate surface area is 219 Å².